The van der Waals surface area contributed by atoms with Crippen molar-refractivity contribution >= 4 is 27.5 Å². The summed E-state index contributed by atoms with van der Waals surface area (Å²) in [5.41, 5.74) is 1.41. The Kier molecular flexibility index (Phi) is 7.28. The van der Waals surface area contributed by atoms with Crippen LogP contribution in [0.4, 0.5) is 5.69 Å². The number of benzene rings is 2. The number of nitrogens with one attached hydrogen (secondary N) is 1. The van der Waals surface area contributed by atoms with Crippen LogP contribution in [-0.4, -0.2) is 62.3 Å². The Labute approximate surface area is 186 Å². The lowest BCUT2D eigenvalue weighted by Crippen LogP contribution is -2.43. The number of rotatable bonds is 7. The first kappa shape index (κ1) is 23.2. The topological polar surface area (TPSA) is 67.9 Å². The molecule has 31 heavy (non-hydrogen) atoms. The van der Waals surface area contributed by atoms with Gasteiger partial charge in [0.1, 0.15) is 17.9 Å². The molecule has 0 spiro atoms. The summed E-state index contributed by atoms with van der Waals surface area (Å²) in [6.45, 7) is 0.575. The van der Waals surface area contributed by atoms with Crippen molar-refractivity contribution in [1.82, 2.24) is 4.90 Å². The molecule has 2 unspecified atom stereocenters. The fourth-order valence-electron chi connectivity index (χ4n) is 3.62. The molecule has 3 rings (SSSR count). The lowest BCUT2D eigenvalue weighted by Gasteiger charge is -2.30. The first-order valence-electron chi connectivity index (χ1n) is 10.3. The van der Waals surface area contributed by atoms with Gasteiger partial charge in [0, 0.05) is 19.3 Å². The molecule has 1 aliphatic rings. The third-order valence-corrected chi connectivity index (χ3v) is 7.14. The molecule has 7 heteroatoms. The predicted molar refractivity (Wildman–Crippen MR) is 126 cm³/mol. The van der Waals surface area contributed by atoms with Crippen LogP contribution in [0, 0.1) is 0 Å². The molecule has 1 N–H and O–H groups in total. The fourth-order valence-corrected chi connectivity index (χ4v) is 4.57. The molecule has 2 aromatic rings. The van der Waals surface area contributed by atoms with Crippen LogP contribution in [0.1, 0.15) is 24.4 Å². The fraction of sp³-hybridized carbons (Fsp3) is 0.417. The summed E-state index contributed by atoms with van der Waals surface area (Å²) in [5, 5.41) is 2.98. The van der Waals surface area contributed by atoms with Crippen molar-refractivity contribution in [2.45, 2.75) is 29.9 Å². The molecule has 0 aliphatic carbocycles. The van der Waals surface area contributed by atoms with Gasteiger partial charge in [0.05, 0.1) is 7.11 Å². The number of hydrogen-bond donors (Lipinski definition) is 1. The predicted octanol–water partition coefficient (Wildman–Crippen LogP) is 4.07. The lowest BCUT2D eigenvalue weighted by molar-refractivity contribution is -0.145. The zero-order valence-corrected chi connectivity index (χ0v) is 19.7. The first-order valence-corrected chi connectivity index (χ1v) is 13.2. The molecule has 1 heterocycles. The summed E-state index contributed by atoms with van der Waals surface area (Å²) in [6, 6.07) is 14.4. The number of carbonyl (C=O) groups excluding carboxylic acids is 2. The van der Waals surface area contributed by atoms with Gasteiger partial charge in [-0.2, -0.15) is 0 Å². The maximum Gasteiger partial charge on any atom is 0.252 e. The number of anilines is 1. The number of carbonyl (C=O) groups is 2. The quantitative estimate of drug-likeness (QED) is 0.699. The van der Waals surface area contributed by atoms with Gasteiger partial charge in [-0.05, 0) is 78.5 Å². The van der Waals surface area contributed by atoms with Crippen molar-refractivity contribution in [3.8, 4) is 5.75 Å². The van der Waals surface area contributed by atoms with Gasteiger partial charge in [-0.1, -0.05) is 12.1 Å². The molecule has 6 nitrogen and oxygen atoms in total. The van der Waals surface area contributed by atoms with E-state index in [2.05, 4.69) is 36.2 Å². The smallest absolute Gasteiger partial charge is 0.252 e. The Morgan fingerprint density at radius 3 is 2.26 bits per heavy atom. The highest BCUT2D eigenvalue weighted by molar-refractivity contribution is 8.32. The largest absolute Gasteiger partial charge is 0.497 e. The second-order valence-electron chi connectivity index (χ2n) is 8.48. The minimum absolute atomic E-state index is 0.180. The molecule has 0 saturated carbocycles. The minimum Gasteiger partial charge on any atom is -0.497 e. The second-order valence-corrected chi connectivity index (χ2v) is 12.6. The van der Waals surface area contributed by atoms with Crippen LogP contribution in [0.25, 0.3) is 0 Å². The van der Waals surface area contributed by atoms with Gasteiger partial charge in [-0.25, -0.2) is 10.0 Å². The number of amides is 2. The van der Waals surface area contributed by atoms with Crippen molar-refractivity contribution in [1.29, 1.82) is 0 Å². The third kappa shape index (κ3) is 5.60. The molecule has 0 bridgehead atoms. The zero-order valence-electron chi connectivity index (χ0n) is 18.9. The van der Waals surface area contributed by atoms with E-state index in [1.54, 1.807) is 26.3 Å². The van der Waals surface area contributed by atoms with Gasteiger partial charge < -0.3 is 19.7 Å². The van der Waals surface area contributed by atoms with E-state index in [1.807, 2.05) is 24.3 Å². The van der Waals surface area contributed by atoms with E-state index >= 15 is 0 Å². The van der Waals surface area contributed by atoms with E-state index in [0.717, 1.165) is 6.42 Å². The SMILES string of the molecule is COc1ccc(C(C(=O)Nc2ccc(S(C)(C)C)cc2)N(C)C(=O)C2CCCO2)cc1. The number of methoxy groups -OCH3 is 1. The van der Waals surface area contributed by atoms with Gasteiger partial charge in [0.15, 0.2) is 0 Å². The molecule has 0 aromatic heterocycles. The second kappa shape index (κ2) is 9.75. The van der Waals surface area contributed by atoms with E-state index in [9.17, 15) is 9.59 Å². The summed E-state index contributed by atoms with van der Waals surface area (Å²) in [7, 11) is 2.41. The van der Waals surface area contributed by atoms with E-state index in [4.69, 9.17) is 9.47 Å². The summed E-state index contributed by atoms with van der Waals surface area (Å²) >= 11 is 0. The van der Waals surface area contributed by atoms with Gasteiger partial charge in [-0.3, -0.25) is 9.59 Å². The first-order chi connectivity index (χ1) is 14.7. The Hall–Kier alpha value is -2.51. The van der Waals surface area contributed by atoms with Crippen LogP contribution in [0.5, 0.6) is 5.75 Å². The number of likely N-dealkylation sites (N-methyl/N-ethyl adjacent to an activating group) is 1. The Morgan fingerprint density at radius 1 is 1.10 bits per heavy atom. The van der Waals surface area contributed by atoms with Crippen LogP contribution in [0.3, 0.4) is 0 Å². The van der Waals surface area contributed by atoms with Crippen LogP contribution < -0.4 is 10.1 Å². The van der Waals surface area contributed by atoms with Gasteiger partial charge in [-0.15, -0.1) is 0 Å². The van der Waals surface area contributed by atoms with Crippen LogP contribution >= 0.6 is 10.0 Å². The molecule has 2 amide bonds. The molecule has 168 valence electrons. The minimum atomic E-state index is -0.840. The van der Waals surface area contributed by atoms with Crippen LogP contribution in [0.2, 0.25) is 0 Å². The molecule has 0 radical (unpaired) electrons. The average Bonchev–Trinajstić information content (AvgIpc) is 3.28. The Balaban J connectivity index is 1.85. The molecule has 2 atom stereocenters. The third-order valence-electron chi connectivity index (χ3n) is 5.45. The summed E-state index contributed by atoms with van der Waals surface area (Å²) in [5.74, 6) is 0.242. The number of nitrogens with zero attached hydrogens (tertiary/aromatic N) is 1. The molecule has 1 saturated heterocycles. The molecule has 1 aliphatic heterocycles. The van der Waals surface area contributed by atoms with Crippen LogP contribution in [-0.2, 0) is 14.3 Å². The van der Waals surface area contributed by atoms with Crippen LogP contribution in [0.15, 0.2) is 53.4 Å². The Bertz CT molecular complexity index is 901. The van der Waals surface area contributed by atoms with Crippen molar-refractivity contribution in [2.24, 2.45) is 0 Å². The standard InChI is InChI=1S/C24H32N2O4S/c1-26(24(28)21-7-6-16-30-21)22(17-8-12-19(29-2)13-9-17)23(27)25-18-10-14-20(15-11-18)31(3,4)5/h8-15,21-22H,6-7,16H2,1-5H3,(H,25,27). The lowest BCUT2D eigenvalue weighted by atomic mass is 10.0. The van der Waals surface area contributed by atoms with Crippen molar-refractivity contribution in [2.75, 3.05) is 44.8 Å². The highest BCUT2D eigenvalue weighted by Gasteiger charge is 2.34. The van der Waals surface area contributed by atoms with Gasteiger partial charge in [0.2, 0.25) is 0 Å². The van der Waals surface area contributed by atoms with E-state index < -0.39 is 22.2 Å². The average molecular weight is 445 g/mol. The highest BCUT2D eigenvalue weighted by Crippen LogP contribution is 2.45. The molecular weight excluding hydrogens is 412 g/mol. The number of ether oxygens (including phenoxy) is 2. The number of hydrogen-bond acceptors (Lipinski definition) is 4. The van der Waals surface area contributed by atoms with E-state index in [0.29, 0.717) is 30.0 Å². The van der Waals surface area contributed by atoms with Crippen molar-refractivity contribution < 1.29 is 19.1 Å². The summed E-state index contributed by atoms with van der Waals surface area (Å²) in [6.07, 6.45) is 7.72. The molecular formula is C24H32N2O4S. The zero-order chi connectivity index (χ0) is 22.6. The van der Waals surface area contributed by atoms with Crippen molar-refractivity contribution in [3.63, 3.8) is 0 Å². The van der Waals surface area contributed by atoms with Gasteiger partial charge in [0.25, 0.3) is 11.8 Å². The van der Waals surface area contributed by atoms with Crippen molar-refractivity contribution in [3.05, 3.63) is 54.1 Å². The molecule has 1 fully saturated rings. The maximum atomic E-state index is 13.3. The normalized spacial score (nSPS) is 17.6. The molecule has 2 aromatic carbocycles. The van der Waals surface area contributed by atoms with Gasteiger partial charge >= 0.3 is 0 Å². The van der Waals surface area contributed by atoms with E-state index in [-0.39, 0.29) is 11.8 Å². The monoisotopic (exact) mass is 444 g/mol. The summed E-state index contributed by atoms with van der Waals surface area (Å²) in [4.78, 5) is 29.1. The highest BCUT2D eigenvalue weighted by atomic mass is 32.3. The summed E-state index contributed by atoms with van der Waals surface area (Å²) < 4.78 is 10.8. The van der Waals surface area contributed by atoms with E-state index in [1.165, 1.54) is 9.80 Å². The maximum absolute atomic E-state index is 13.3. The Morgan fingerprint density at radius 2 is 1.74 bits per heavy atom.